The minimum atomic E-state index is -1.05. The van der Waals surface area contributed by atoms with Crippen LogP contribution >= 0.6 is 11.8 Å². The molecule has 2 N–H and O–H groups in total. The van der Waals surface area contributed by atoms with Gasteiger partial charge >= 0.3 is 0 Å². The van der Waals surface area contributed by atoms with Gasteiger partial charge in [-0.2, -0.15) is 0 Å². The third-order valence-corrected chi connectivity index (χ3v) is 8.32. The highest BCUT2D eigenvalue weighted by Gasteiger charge is 2.43. The molecule has 37 heavy (non-hydrogen) atoms. The Bertz CT molecular complexity index is 1260. The molecule has 2 fully saturated rings. The average molecular weight is 520 g/mol. The van der Waals surface area contributed by atoms with Gasteiger partial charge in [0.1, 0.15) is 11.1 Å². The van der Waals surface area contributed by atoms with Gasteiger partial charge in [0.2, 0.25) is 5.91 Å². The van der Waals surface area contributed by atoms with Crippen molar-refractivity contribution < 1.29 is 18.8 Å². The van der Waals surface area contributed by atoms with Gasteiger partial charge < -0.3 is 20.0 Å². The summed E-state index contributed by atoms with van der Waals surface area (Å²) in [5.74, 6) is 0.460. The Morgan fingerprint density at radius 2 is 1.84 bits per heavy atom. The molecule has 8 heteroatoms. The lowest BCUT2D eigenvalue weighted by molar-refractivity contribution is -0.133. The van der Waals surface area contributed by atoms with E-state index in [1.165, 1.54) is 0 Å². The highest BCUT2D eigenvalue weighted by Crippen LogP contribution is 2.32. The van der Waals surface area contributed by atoms with E-state index in [9.17, 15) is 14.4 Å². The lowest BCUT2D eigenvalue weighted by Crippen LogP contribution is -2.63. The monoisotopic (exact) mass is 519 g/mol. The van der Waals surface area contributed by atoms with Crippen molar-refractivity contribution in [2.24, 2.45) is 0 Å². The van der Waals surface area contributed by atoms with Crippen molar-refractivity contribution in [2.75, 3.05) is 23.7 Å². The van der Waals surface area contributed by atoms with Crippen LogP contribution in [0.25, 0.3) is 11.0 Å². The summed E-state index contributed by atoms with van der Waals surface area (Å²) in [6, 6.07) is 16.7. The minimum Gasteiger partial charge on any atom is -0.451 e. The zero-order valence-corrected chi connectivity index (χ0v) is 21.9. The van der Waals surface area contributed by atoms with Crippen LogP contribution in [0.3, 0.4) is 0 Å². The molecule has 1 aliphatic heterocycles. The number of nitrogens with zero attached hydrogens (tertiary/aromatic N) is 1. The molecule has 0 spiro atoms. The molecular weight excluding hydrogens is 486 g/mol. The van der Waals surface area contributed by atoms with Crippen LogP contribution in [0.4, 0.5) is 5.69 Å². The second-order valence-electron chi connectivity index (χ2n) is 9.85. The zero-order valence-electron chi connectivity index (χ0n) is 21.1. The number of benzene rings is 2. The van der Waals surface area contributed by atoms with E-state index in [1.807, 2.05) is 36.4 Å². The molecule has 2 aromatic carbocycles. The second-order valence-corrected chi connectivity index (χ2v) is 11.2. The van der Waals surface area contributed by atoms with Crippen molar-refractivity contribution in [1.82, 2.24) is 10.6 Å². The van der Waals surface area contributed by atoms with Gasteiger partial charge in [-0.25, -0.2) is 0 Å². The van der Waals surface area contributed by atoms with Crippen molar-refractivity contribution in [2.45, 2.75) is 61.9 Å². The summed E-state index contributed by atoms with van der Waals surface area (Å²) in [5, 5.41) is 6.85. The highest BCUT2D eigenvalue weighted by atomic mass is 32.2. The van der Waals surface area contributed by atoms with Gasteiger partial charge in [-0.3, -0.25) is 14.4 Å². The summed E-state index contributed by atoms with van der Waals surface area (Å²) in [7, 11) is 0. The van der Waals surface area contributed by atoms with E-state index in [2.05, 4.69) is 34.6 Å². The molecule has 0 radical (unpaired) electrons. The first-order valence-electron chi connectivity index (χ1n) is 13.1. The van der Waals surface area contributed by atoms with Crippen LogP contribution in [0.1, 0.15) is 56.0 Å². The Kier molecular flexibility index (Phi) is 7.55. The maximum absolute atomic E-state index is 13.6. The van der Waals surface area contributed by atoms with Gasteiger partial charge in [0.05, 0.1) is 18.3 Å². The Morgan fingerprint density at radius 1 is 1.08 bits per heavy atom. The van der Waals surface area contributed by atoms with Gasteiger partial charge in [-0.05, 0) is 49.3 Å². The van der Waals surface area contributed by atoms with Crippen LogP contribution in [-0.4, -0.2) is 48.0 Å². The number of amides is 2. The third kappa shape index (κ3) is 5.39. The molecule has 1 saturated carbocycles. The Morgan fingerprint density at radius 3 is 2.59 bits per heavy atom. The smallest absolute Gasteiger partial charge is 0.287 e. The molecule has 3 aromatic rings. The molecule has 1 aliphatic carbocycles. The molecule has 5 rings (SSSR count). The van der Waals surface area contributed by atoms with Gasteiger partial charge in [0, 0.05) is 16.8 Å². The number of piperidine rings is 1. The van der Waals surface area contributed by atoms with E-state index < -0.39 is 17.5 Å². The number of furan rings is 1. The van der Waals surface area contributed by atoms with Crippen molar-refractivity contribution in [3.8, 4) is 0 Å². The summed E-state index contributed by atoms with van der Waals surface area (Å²) < 4.78 is 5.74. The standard InChI is InChI=1S/C29H33N3O4S/c1-2-37-26-13-7-5-11-22(26)32-17-14-21(23(33)19-32)30-28(35)29(15-8-3-9-16-29)31-27(34)25-18-20-10-4-6-12-24(20)36-25/h4-7,10-13,18,21H,2-3,8-9,14-17,19H2,1H3,(H,30,35)(H,31,34). The zero-order chi connectivity index (χ0) is 25.8. The molecule has 1 atom stereocenters. The summed E-state index contributed by atoms with van der Waals surface area (Å²) in [4.78, 5) is 43.2. The molecule has 7 nitrogen and oxygen atoms in total. The van der Waals surface area contributed by atoms with E-state index in [0.717, 1.165) is 41.0 Å². The van der Waals surface area contributed by atoms with Crippen LogP contribution < -0.4 is 15.5 Å². The van der Waals surface area contributed by atoms with Crippen LogP contribution in [0.15, 0.2) is 63.9 Å². The predicted molar refractivity (Wildman–Crippen MR) is 146 cm³/mol. The van der Waals surface area contributed by atoms with E-state index in [4.69, 9.17) is 4.42 Å². The van der Waals surface area contributed by atoms with Crippen molar-refractivity contribution in [3.05, 3.63) is 60.4 Å². The first-order chi connectivity index (χ1) is 18.0. The number of hydrogen-bond acceptors (Lipinski definition) is 6. The first kappa shape index (κ1) is 25.4. The third-order valence-electron chi connectivity index (χ3n) is 7.38. The number of fused-ring (bicyclic) bond motifs is 1. The number of para-hydroxylation sites is 2. The largest absolute Gasteiger partial charge is 0.451 e. The fourth-order valence-electron chi connectivity index (χ4n) is 5.41. The lowest BCUT2D eigenvalue weighted by atomic mass is 9.80. The number of hydrogen-bond donors (Lipinski definition) is 2. The van der Waals surface area contributed by atoms with Gasteiger partial charge in [-0.1, -0.05) is 56.5 Å². The number of carbonyl (C=O) groups is 3. The molecule has 2 aliphatic rings. The van der Waals surface area contributed by atoms with Gasteiger partial charge in [0.15, 0.2) is 11.5 Å². The van der Waals surface area contributed by atoms with E-state index in [1.54, 1.807) is 17.8 Å². The number of anilines is 1. The number of carbonyl (C=O) groups excluding carboxylic acids is 3. The summed E-state index contributed by atoms with van der Waals surface area (Å²) in [6.45, 7) is 3.04. The number of Topliss-reactive ketones (excluding diaryl/α,β-unsaturated/α-hetero) is 1. The molecule has 2 heterocycles. The molecule has 194 valence electrons. The fraction of sp³-hybridized carbons (Fsp3) is 0.414. The van der Waals surface area contributed by atoms with Gasteiger partial charge in [-0.15, -0.1) is 11.8 Å². The molecule has 1 aromatic heterocycles. The average Bonchev–Trinajstić information content (AvgIpc) is 3.36. The molecular formula is C29H33N3O4S. The van der Waals surface area contributed by atoms with Crippen LogP contribution in [0.2, 0.25) is 0 Å². The molecule has 2 amide bonds. The van der Waals surface area contributed by atoms with Crippen LogP contribution in [0, 0.1) is 0 Å². The normalized spacial score (nSPS) is 19.5. The predicted octanol–water partition coefficient (Wildman–Crippen LogP) is 4.94. The summed E-state index contributed by atoms with van der Waals surface area (Å²) in [5.41, 5.74) is 0.649. The van der Waals surface area contributed by atoms with Crippen LogP contribution in [0.5, 0.6) is 0 Å². The lowest BCUT2D eigenvalue weighted by Gasteiger charge is -2.39. The van der Waals surface area contributed by atoms with Gasteiger partial charge in [0.25, 0.3) is 5.91 Å². The Hall–Kier alpha value is -3.26. The van der Waals surface area contributed by atoms with Crippen LogP contribution in [-0.2, 0) is 9.59 Å². The first-order valence-corrected chi connectivity index (χ1v) is 14.1. The molecule has 1 saturated heterocycles. The SMILES string of the molecule is CCSc1ccccc1N1CCC(NC(=O)C2(NC(=O)c3cc4ccccc4o3)CCCCC2)C(=O)C1. The number of nitrogens with one attached hydrogen (secondary N) is 2. The van der Waals surface area contributed by atoms with E-state index in [-0.39, 0.29) is 24.0 Å². The second kappa shape index (κ2) is 11.0. The Labute approximate surface area is 221 Å². The van der Waals surface area contributed by atoms with Crippen molar-refractivity contribution >= 4 is 46.0 Å². The summed E-state index contributed by atoms with van der Waals surface area (Å²) in [6.07, 6.45) is 4.31. The number of ketones is 1. The fourth-order valence-corrected chi connectivity index (χ4v) is 6.24. The quantitative estimate of drug-likeness (QED) is 0.430. The number of thioether (sulfide) groups is 1. The highest BCUT2D eigenvalue weighted by molar-refractivity contribution is 7.99. The number of rotatable bonds is 7. The van der Waals surface area contributed by atoms with Crippen molar-refractivity contribution in [1.29, 1.82) is 0 Å². The van der Waals surface area contributed by atoms with E-state index in [0.29, 0.717) is 31.4 Å². The molecule has 0 bridgehead atoms. The minimum absolute atomic E-state index is 0.00882. The Balaban J connectivity index is 1.28. The van der Waals surface area contributed by atoms with E-state index >= 15 is 0 Å². The maximum Gasteiger partial charge on any atom is 0.287 e. The topological polar surface area (TPSA) is 91.7 Å². The maximum atomic E-state index is 13.6. The van der Waals surface area contributed by atoms with Crippen molar-refractivity contribution in [3.63, 3.8) is 0 Å². The molecule has 1 unspecified atom stereocenters. The summed E-state index contributed by atoms with van der Waals surface area (Å²) >= 11 is 1.76.